The molecule has 0 aromatic heterocycles. The largest absolute Gasteiger partial charge is 0.508 e. The van der Waals surface area contributed by atoms with E-state index >= 15 is 0 Å². The van der Waals surface area contributed by atoms with E-state index in [0.717, 1.165) is 77.2 Å². The van der Waals surface area contributed by atoms with Crippen LogP contribution < -0.4 is 0 Å². The highest BCUT2D eigenvalue weighted by Crippen LogP contribution is 2.16. The number of rotatable bonds is 39. The molecule has 0 fully saturated rings. The Morgan fingerprint density at radius 1 is 0.411 bits per heavy atom. The zero-order chi connectivity index (χ0) is 41.5. The first-order valence-corrected chi connectivity index (χ1v) is 22.3. The first-order chi connectivity index (χ1) is 27.1. The average molecular weight is 800 g/mol. The molecule has 0 N–H and O–H groups in total. The van der Waals surface area contributed by atoms with Gasteiger partial charge in [0.15, 0.2) is 6.10 Å². The van der Waals surface area contributed by atoms with Gasteiger partial charge >= 0.3 is 30.0 Å². The van der Waals surface area contributed by atoms with Gasteiger partial charge in [0.2, 0.25) is 0 Å². The lowest BCUT2D eigenvalue weighted by Crippen LogP contribution is -2.31. The maximum atomic E-state index is 12.7. The Balaban J connectivity index is 4.86. The number of nitrogens with zero attached hydrogens (tertiary/aromatic N) is 1. The topological polar surface area (TPSA) is 144 Å². The zero-order valence-corrected chi connectivity index (χ0v) is 36.2. The van der Waals surface area contributed by atoms with Crippen molar-refractivity contribution in [3.63, 3.8) is 0 Å². The molecule has 0 radical (unpaired) electrons. The van der Waals surface area contributed by atoms with Gasteiger partial charge in [0.05, 0.1) is 26.1 Å². The van der Waals surface area contributed by atoms with Gasteiger partial charge in [-0.15, -0.1) is 0 Å². The molecular formula is C44H81NO11. The Labute approximate surface area is 340 Å². The fraction of sp³-hybridized carbons (Fsp3) is 0.886. The molecule has 0 aromatic carbocycles. The summed E-state index contributed by atoms with van der Waals surface area (Å²) in [6, 6.07) is 0. The molecule has 0 saturated carbocycles. The molecule has 0 aliphatic rings. The van der Waals surface area contributed by atoms with Gasteiger partial charge in [-0.3, -0.25) is 19.2 Å². The zero-order valence-electron chi connectivity index (χ0n) is 36.2. The second-order valence-corrected chi connectivity index (χ2v) is 15.3. The Kier molecular flexibility index (Phi) is 36.9. The van der Waals surface area contributed by atoms with Crippen LogP contribution in [0.25, 0.3) is 0 Å². The maximum absolute atomic E-state index is 12.7. The smallest absolute Gasteiger partial charge is 0.466 e. The summed E-state index contributed by atoms with van der Waals surface area (Å²) < 4.78 is 32.5. The van der Waals surface area contributed by atoms with Crippen LogP contribution in [-0.4, -0.2) is 94.2 Å². The Morgan fingerprint density at radius 3 is 1.36 bits per heavy atom. The number of hydrogen-bond acceptors (Lipinski definition) is 12. The van der Waals surface area contributed by atoms with Gasteiger partial charge < -0.3 is 33.3 Å². The Morgan fingerprint density at radius 2 is 0.857 bits per heavy atom. The highest BCUT2D eigenvalue weighted by atomic mass is 16.7. The summed E-state index contributed by atoms with van der Waals surface area (Å²) in [5.41, 5.74) is 0. The molecular weight excluding hydrogens is 718 g/mol. The molecule has 0 rings (SSSR count). The number of ether oxygens (including phenoxy) is 6. The molecule has 0 bridgehead atoms. The van der Waals surface area contributed by atoms with Crippen molar-refractivity contribution in [1.82, 2.24) is 4.90 Å². The van der Waals surface area contributed by atoms with Gasteiger partial charge in [0.1, 0.15) is 19.3 Å². The minimum Gasteiger partial charge on any atom is -0.466 e. The van der Waals surface area contributed by atoms with Gasteiger partial charge in [-0.25, -0.2) is 4.79 Å². The van der Waals surface area contributed by atoms with Crippen LogP contribution in [0.15, 0.2) is 0 Å². The maximum Gasteiger partial charge on any atom is 0.508 e. The molecule has 328 valence electrons. The lowest BCUT2D eigenvalue weighted by molar-refractivity contribution is -0.167. The third-order valence-electron chi connectivity index (χ3n) is 9.48. The molecule has 1 unspecified atom stereocenters. The van der Waals surface area contributed by atoms with Gasteiger partial charge in [-0.2, -0.15) is 0 Å². The van der Waals surface area contributed by atoms with Crippen molar-refractivity contribution < 1.29 is 52.4 Å². The van der Waals surface area contributed by atoms with E-state index in [0.29, 0.717) is 32.1 Å². The van der Waals surface area contributed by atoms with Gasteiger partial charge in [0, 0.05) is 25.8 Å². The number of carbonyl (C=O) groups excluding carboxylic acids is 5. The SMILES string of the molecule is CCCCCCCCCCCCC(CCOC(=O)CCC(=O)OC(COC(=O)CCCCCCC)COC(=O)CCCCCCC)OC(=O)OCCCN(C)C. The van der Waals surface area contributed by atoms with Crippen LogP contribution in [-0.2, 0) is 47.6 Å². The van der Waals surface area contributed by atoms with Crippen molar-refractivity contribution in [3.8, 4) is 0 Å². The van der Waals surface area contributed by atoms with Crippen LogP contribution in [0.4, 0.5) is 4.79 Å². The lowest BCUT2D eigenvalue weighted by atomic mass is 10.0. The van der Waals surface area contributed by atoms with Crippen LogP contribution in [0.2, 0.25) is 0 Å². The molecule has 0 heterocycles. The van der Waals surface area contributed by atoms with Crippen LogP contribution in [0.1, 0.15) is 194 Å². The third-order valence-corrected chi connectivity index (χ3v) is 9.48. The number of hydrogen-bond donors (Lipinski definition) is 0. The second-order valence-electron chi connectivity index (χ2n) is 15.3. The lowest BCUT2D eigenvalue weighted by Gasteiger charge is -2.19. The molecule has 12 nitrogen and oxygen atoms in total. The van der Waals surface area contributed by atoms with E-state index in [1.165, 1.54) is 44.9 Å². The summed E-state index contributed by atoms with van der Waals surface area (Å²) in [5.74, 6) is -2.09. The normalized spacial score (nSPS) is 11.7. The van der Waals surface area contributed by atoms with Gasteiger partial charge in [-0.1, -0.05) is 130 Å². The second kappa shape index (κ2) is 39.0. The highest BCUT2D eigenvalue weighted by molar-refractivity contribution is 5.77. The van der Waals surface area contributed by atoms with Gasteiger partial charge in [-0.05, 0) is 46.2 Å². The standard InChI is InChI=1S/C44H81NO11/c1-6-9-12-15-16-17-18-19-22-23-27-38(56-44(50)52-34-26-33-45(4)5)32-35-51-42(48)30-31-43(49)55-39(36-53-40(46)28-24-20-13-10-7-2)37-54-41(47)29-25-21-14-11-8-3/h38-39H,6-37H2,1-5H3. The van der Waals surface area contributed by atoms with E-state index in [1.807, 2.05) is 19.0 Å². The Bertz CT molecular complexity index is 960. The van der Waals surface area contributed by atoms with Crippen molar-refractivity contribution in [2.75, 3.05) is 47.1 Å². The monoisotopic (exact) mass is 800 g/mol. The number of esters is 4. The quantitative estimate of drug-likeness (QED) is 0.0331. The third kappa shape index (κ3) is 36.7. The molecule has 0 aromatic rings. The van der Waals surface area contributed by atoms with Crippen molar-refractivity contribution >= 4 is 30.0 Å². The molecule has 0 saturated heterocycles. The first-order valence-electron chi connectivity index (χ1n) is 22.3. The van der Waals surface area contributed by atoms with Crippen molar-refractivity contribution in [3.05, 3.63) is 0 Å². The van der Waals surface area contributed by atoms with E-state index in [4.69, 9.17) is 28.4 Å². The van der Waals surface area contributed by atoms with Gasteiger partial charge in [0.25, 0.3) is 0 Å². The first kappa shape index (κ1) is 53.1. The molecule has 0 amide bonds. The van der Waals surface area contributed by atoms with Crippen LogP contribution in [0.3, 0.4) is 0 Å². The van der Waals surface area contributed by atoms with Crippen LogP contribution >= 0.6 is 0 Å². The molecule has 0 spiro atoms. The minimum atomic E-state index is -0.988. The minimum absolute atomic E-state index is 0.0234. The van der Waals surface area contributed by atoms with Crippen molar-refractivity contribution in [2.45, 2.75) is 206 Å². The predicted molar refractivity (Wildman–Crippen MR) is 219 cm³/mol. The van der Waals surface area contributed by atoms with E-state index < -0.39 is 42.2 Å². The average Bonchev–Trinajstić information content (AvgIpc) is 3.17. The summed E-state index contributed by atoms with van der Waals surface area (Å²) >= 11 is 0. The van der Waals surface area contributed by atoms with Crippen LogP contribution in [0, 0.1) is 0 Å². The van der Waals surface area contributed by atoms with Crippen molar-refractivity contribution in [2.24, 2.45) is 0 Å². The van der Waals surface area contributed by atoms with Crippen LogP contribution in [0.5, 0.6) is 0 Å². The fourth-order valence-electron chi connectivity index (χ4n) is 6.03. The highest BCUT2D eigenvalue weighted by Gasteiger charge is 2.21. The summed E-state index contributed by atoms with van der Waals surface area (Å²) in [7, 11) is 3.91. The molecule has 12 heteroatoms. The summed E-state index contributed by atoms with van der Waals surface area (Å²) in [6.45, 7) is 7.06. The molecule has 56 heavy (non-hydrogen) atoms. The Hall–Kier alpha value is -2.89. The molecule has 0 aliphatic carbocycles. The molecule has 1 atom stereocenters. The fourth-order valence-corrected chi connectivity index (χ4v) is 6.03. The summed E-state index contributed by atoms with van der Waals surface area (Å²) in [5, 5.41) is 0. The predicted octanol–water partition coefficient (Wildman–Crippen LogP) is 10.2. The van der Waals surface area contributed by atoms with Crippen molar-refractivity contribution in [1.29, 1.82) is 0 Å². The van der Waals surface area contributed by atoms with E-state index in [-0.39, 0.29) is 52.1 Å². The number of unbranched alkanes of at least 4 members (excludes halogenated alkanes) is 17. The summed E-state index contributed by atoms with van der Waals surface area (Å²) in [4.78, 5) is 64.3. The van der Waals surface area contributed by atoms with E-state index in [2.05, 4.69) is 20.8 Å². The van der Waals surface area contributed by atoms with E-state index in [9.17, 15) is 24.0 Å². The number of carbonyl (C=O) groups is 5. The molecule has 0 aliphatic heterocycles. The van der Waals surface area contributed by atoms with E-state index in [1.54, 1.807) is 0 Å². The summed E-state index contributed by atoms with van der Waals surface area (Å²) in [6.07, 6.45) is 21.3.